The number of carbonyl (C=O) groups excluding carboxylic acids is 1. The van der Waals surface area contributed by atoms with Gasteiger partial charge in [0.15, 0.2) is 0 Å². The number of rotatable bonds is 7. The summed E-state index contributed by atoms with van der Waals surface area (Å²) in [4.78, 5) is 28.3. The number of ether oxygens (including phenoxy) is 1. The lowest BCUT2D eigenvalue weighted by Gasteiger charge is -2.41. The van der Waals surface area contributed by atoms with E-state index in [0.717, 1.165) is 24.8 Å². The van der Waals surface area contributed by atoms with E-state index in [-0.39, 0.29) is 41.2 Å². The molecule has 2 aromatic carbocycles. The number of nitrogens with zero attached hydrogens (tertiary/aromatic N) is 6. The zero-order valence-corrected chi connectivity index (χ0v) is 25.1. The van der Waals surface area contributed by atoms with E-state index in [1.54, 1.807) is 17.2 Å². The van der Waals surface area contributed by atoms with Crippen molar-refractivity contribution in [2.45, 2.75) is 31.3 Å². The molecule has 0 saturated carbocycles. The van der Waals surface area contributed by atoms with Gasteiger partial charge in [-0.05, 0) is 56.3 Å². The number of furan rings is 1. The van der Waals surface area contributed by atoms with Crippen LogP contribution in [0.5, 0.6) is 11.8 Å². The Hall–Kier alpha value is -4.04. The van der Waals surface area contributed by atoms with E-state index in [1.165, 1.54) is 12.1 Å². The van der Waals surface area contributed by atoms with Crippen LogP contribution in [0, 0.1) is 11.3 Å². The number of aromatic hydroxyl groups is 1. The van der Waals surface area contributed by atoms with E-state index in [1.807, 2.05) is 17.0 Å². The van der Waals surface area contributed by atoms with Crippen molar-refractivity contribution in [1.82, 2.24) is 19.8 Å². The summed E-state index contributed by atoms with van der Waals surface area (Å²) in [5, 5.41) is 21.8. The van der Waals surface area contributed by atoms with Crippen molar-refractivity contribution in [2.24, 2.45) is 0 Å². The number of anilines is 1. The average molecular weight is 622 g/mol. The molecule has 0 unspecified atom stereocenters. The number of nitriles is 1. The summed E-state index contributed by atoms with van der Waals surface area (Å²) in [6.45, 7) is 6.31. The molecule has 2 atom stereocenters. The maximum absolute atomic E-state index is 12.6. The van der Waals surface area contributed by atoms with E-state index in [4.69, 9.17) is 42.3 Å². The molecule has 2 aliphatic heterocycles. The van der Waals surface area contributed by atoms with Gasteiger partial charge in [0.2, 0.25) is 5.91 Å². The molecular formula is C31H30Cl2N6O4. The lowest BCUT2D eigenvalue weighted by Crippen LogP contribution is -2.55. The molecule has 10 nitrogen and oxygen atoms in total. The number of phenols is 1. The van der Waals surface area contributed by atoms with Crippen LogP contribution in [0.4, 0.5) is 5.82 Å². The van der Waals surface area contributed by atoms with Gasteiger partial charge in [0.05, 0.1) is 45.7 Å². The van der Waals surface area contributed by atoms with Gasteiger partial charge in [0.25, 0.3) is 0 Å². The first kappa shape index (κ1) is 29.1. The Morgan fingerprint density at radius 3 is 2.81 bits per heavy atom. The largest absolute Gasteiger partial charge is 0.508 e. The molecule has 4 aromatic rings. The third-order valence-electron chi connectivity index (χ3n) is 8.31. The number of amides is 1. The van der Waals surface area contributed by atoms with Crippen molar-refractivity contribution >= 4 is 56.8 Å². The summed E-state index contributed by atoms with van der Waals surface area (Å²) < 4.78 is 12.3. The van der Waals surface area contributed by atoms with Crippen LogP contribution >= 0.6 is 23.2 Å². The SMILES string of the molecule is C=CC(=O)N1CCN(c2nc(OC[C@@H]3CCCN3C)nc3cc(-c4cc(O)cc(Cl)c4Cl)c4ccoc4c23)C[C@@H]1CC#N. The first-order chi connectivity index (χ1) is 20.8. The highest BCUT2D eigenvalue weighted by atomic mass is 35.5. The molecule has 1 amide bonds. The lowest BCUT2D eigenvalue weighted by molar-refractivity contribution is -0.128. The van der Waals surface area contributed by atoms with Crippen LogP contribution in [0.1, 0.15) is 19.3 Å². The highest BCUT2D eigenvalue weighted by Crippen LogP contribution is 2.44. The van der Waals surface area contributed by atoms with Crippen LogP contribution < -0.4 is 9.64 Å². The number of halogens is 2. The molecule has 2 saturated heterocycles. The van der Waals surface area contributed by atoms with Gasteiger partial charge < -0.3 is 29.0 Å². The van der Waals surface area contributed by atoms with E-state index in [0.29, 0.717) is 64.7 Å². The van der Waals surface area contributed by atoms with Crippen LogP contribution in [0.15, 0.2) is 47.6 Å². The Balaban J connectivity index is 1.51. The molecular weight excluding hydrogens is 591 g/mol. The quantitative estimate of drug-likeness (QED) is 0.261. The molecule has 2 aliphatic rings. The van der Waals surface area contributed by atoms with Gasteiger partial charge in [-0.15, -0.1) is 0 Å². The minimum Gasteiger partial charge on any atom is -0.508 e. The maximum Gasteiger partial charge on any atom is 0.319 e. The van der Waals surface area contributed by atoms with Crippen LogP contribution in [-0.4, -0.2) is 82.7 Å². The molecule has 1 N–H and O–H groups in total. The molecule has 2 fully saturated rings. The van der Waals surface area contributed by atoms with Crippen molar-refractivity contribution in [1.29, 1.82) is 5.26 Å². The van der Waals surface area contributed by atoms with Gasteiger partial charge in [-0.2, -0.15) is 15.2 Å². The molecule has 0 spiro atoms. The first-order valence-electron chi connectivity index (χ1n) is 14.1. The highest BCUT2D eigenvalue weighted by Gasteiger charge is 2.32. The van der Waals surface area contributed by atoms with Gasteiger partial charge in [-0.3, -0.25) is 4.79 Å². The summed E-state index contributed by atoms with van der Waals surface area (Å²) in [5.41, 5.74) is 2.28. The zero-order valence-electron chi connectivity index (χ0n) is 23.6. The summed E-state index contributed by atoms with van der Waals surface area (Å²) in [6.07, 6.45) is 5.15. The summed E-state index contributed by atoms with van der Waals surface area (Å²) >= 11 is 13.0. The number of likely N-dealkylation sites (N-methyl/N-ethyl adjacent to an activating group) is 1. The molecule has 222 valence electrons. The second-order valence-corrected chi connectivity index (χ2v) is 11.7. The predicted octanol–water partition coefficient (Wildman–Crippen LogP) is 5.65. The molecule has 2 aromatic heterocycles. The Kier molecular flexibility index (Phi) is 8.05. The number of piperazine rings is 1. The first-order valence-corrected chi connectivity index (χ1v) is 14.8. The fourth-order valence-corrected chi connectivity index (χ4v) is 6.50. The van der Waals surface area contributed by atoms with Crippen molar-refractivity contribution in [2.75, 3.05) is 44.7 Å². The molecule has 12 heteroatoms. The van der Waals surface area contributed by atoms with Crippen LogP contribution in [0.2, 0.25) is 10.0 Å². The number of phenolic OH excluding ortho intramolecular Hbond substituents is 1. The van der Waals surface area contributed by atoms with Gasteiger partial charge >= 0.3 is 6.01 Å². The fraction of sp³-hybridized carbons (Fsp3) is 0.355. The second kappa shape index (κ2) is 11.9. The number of fused-ring (bicyclic) bond motifs is 3. The van der Waals surface area contributed by atoms with E-state index >= 15 is 0 Å². The van der Waals surface area contributed by atoms with E-state index in [2.05, 4.69) is 24.6 Å². The minimum atomic E-state index is -0.356. The molecule has 0 aliphatic carbocycles. The van der Waals surface area contributed by atoms with Gasteiger partial charge in [-0.1, -0.05) is 29.8 Å². The Morgan fingerprint density at radius 2 is 2.07 bits per heavy atom. The van der Waals surface area contributed by atoms with Crippen LogP contribution in [0.3, 0.4) is 0 Å². The smallest absolute Gasteiger partial charge is 0.319 e. The third-order valence-corrected chi connectivity index (χ3v) is 9.11. The number of hydrogen-bond donors (Lipinski definition) is 1. The fourth-order valence-electron chi connectivity index (χ4n) is 6.08. The average Bonchev–Trinajstić information content (AvgIpc) is 3.66. The summed E-state index contributed by atoms with van der Waals surface area (Å²) in [7, 11) is 2.08. The Morgan fingerprint density at radius 1 is 1.23 bits per heavy atom. The Labute approximate surface area is 258 Å². The van der Waals surface area contributed by atoms with E-state index < -0.39 is 0 Å². The van der Waals surface area contributed by atoms with Gasteiger partial charge in [-0.25, -0.2) is 0 Å². The lowest BCUT2D eigenvalue weighted by atomic mass is 9.98. The van der Waals surface area contributed by atoms with Crippen molar-refractivity contribution in [3.63, 3.8) is 0 Å². The summed E-state index contributed by atoms with van der Waals surface area (Å²) in [5.74, 6) is 0.349. The predicted molar refractivity (Wildman–Crippen MR) is 166 cm³/mol. The molecule has 0 radical (unpaired) electrons. The van der Waals surface area contributed by atoms with Gasteiger partial charge in [0, 0.05) is 42.7 Å². The zero-order chi connectivity index (χ0) is 30.2. The number of hydrogen-bond acceptors (Lipinski definition) is 9. The number of carbonyl (C=O) groups is 1. The van der Waals surface area contributed by atoms with Gasteiger partial charge in [0.1, 0.15) is 23.8 Å². The normalized spacial score (nSPS) is 19.2. The van der Waals surface area contributed by atoms with Crippen LogP contribution in [-0.2, 0) is 4.79 Å². The van der Waals surface area contributed by atoms with Crippen LogP contribution in [0.25, 0.3) is 33.0 Å². The highest BCUT2D eigenvalue weighted by molar-refractivity contribution is 6.44. The minimum absolute atomic E-state index is 0.0234. The third kappa shape index (κ3) is 5.44. The van der Waals surface area contributed by atoms with Crippen molar-refractivity contribution in [3.8, 4) is 29.0 Å². The number of aromatic nitrogens is 2. The topological polar surface area (TPSA) is 119 Å². The summed E-state index contributed by atoms with van der Waals surface area (Å²) in [6, 6.07) is 8.96. The maximum atomic E-state index is 12.6. The molecule has 6 rings (SSSR count). The van der Waals surface area contributed by atoms with Crippen molar-refractivity contribution < 1.29 is 19.1 Å². The number of benzene rings is 2. The van der Waals surface area contributed by atoms with Crippen molar-refractivity contribution in [3.05, 3.63) is 53.2 Å². The number of likely N-dealkylation sites (tertiary alicyclic amines) is 1. The monoisotopic (exact) mass is 620 g/mol. The standard InChI is InChI=1S/C31H30Cl2N6O4/c1-3-26(41)39-11-10-38(16-18(39)6-8-34)30-27-25(35-31(36-30)43-17-19-5-4-9-37(19)2)15-22(21-7-12-42-29(21)27)23-13-20(40)14-24(32)28(23)33/h3,7,12-15,18-19,40H,1,4-6,9-11,16-17H2,2H3/t18-,19-/m0/s1. The Bertz CT molecular complexity index is 1770. The van der Waals surface area contributed by atoms with E-state index in [9.17, 15) is 15.2 Å². The second-order valence-electron chi connectivity index (χ2n) is 10.9. The molecule has 0 bridgehead atoms. The molecule has 43 heavy (non-hydrogen) atoms. The molecule has 4 heterocycles.